The Balaban J connectivity index is 1.62. The van der Waals surface area contributed by atoms with Crippen LogP contribution in [0.15, 0.2) is 28.7 Å². The second kappa shape index (κ2) is 6.24. The number of hydrogen-bond donors (Lipinski definition) is 2. The number of aryl methyl sites for hydroxylation is 1. The Hall–Kier alpha value is -2.01. The lowest BCUT2D eigenvalue weighted by Gasteiger charge is -2.38. The maximum absolute atomic E-state index is 12.4. The Morgan fingerprint density at radius 3 is 2.74 bits per heavy atom. The van der Waals surface area contributed by atoms with Crippen molar-refractivity contribution in [3.63, 3.8) is 0 Å². The molecule has 0 aliphatic carbocycles. The van der Waals surface area contributed by atoms with E-state index < -0.39 is 0 Å². The van der Waals surface area contributed by atoms with E-state index in [0.717, 1.165) is 35.1 Å². The highest BCUT2D eigenvalue weighted by molar-refractivity contribution is 5.83. The first-order valence-corrected chi connectivity index (χ1v) is 8.13. The van der Waals surface area contributed by atoms with Crippen molar-refractivity contribution < 1.29 is 14.3 Å². The van der Waals surface area contributed by atoms with Crippen molar-refractivity contribution in [2.45, 2.75) is 33.2 Å². The summed E-state index contributed by atoms with van der Waals surface area (Å²) in [6.07, 6.45) is 1.68. The molecule has 0 unspecified atom stereocenters. The van der Waals surface area contributed by atoms with Crippen molar-refractivity contribution in [3.05, 3.63) is 35.6 Å². The second-order valence-corrected chi connectivity index (χ2v) is 6.75. The molecule has 2 amide bonds. The van der Waals surface area contributed by atoms with E-state index >= 15 is 0 Å². The third-order valence-corrected chi connectivity index (χ3v) is 4.96. The molecule has 2 aromatic rings. The smallest absolute Gasteiger partial charge is 0.317 e. The number of urea groups is 1. The molecule has 1 aromatic carbocycles. The van der Waals surface area contributed by atoms with Gasteiger partial charge in [-0.1, -0.05) is 25.1 Å². The Morgan fingerprint density at radius 1 is 1.35 bits per heavy atom. The summed E-state index contributed by atoms with van der Waals surface area (Å²) in [5.41, 5.74) is 1.84. The van der Waals surface area contributed by atoms with Crippen molar-refractivity contribution in [3.8, 4) is 0 Å². The van der Waals surface area contributed by atoms with Crippen LogP contribution >= 0.6 is 0 Å². The van der Waals surface area contributed by atoms with Gasteiger partial charge in [0.15, 0.2) is 0 Å². The van der Waals surface area contributed by atoms with Crippen LogP contribution in [0.1, 0.15) is 31.1 Å². The van der Waals surface area contributed by atoms with Crippen LogP contribution in [-0.4, -0.2) is 35.7 Å². The van der Waals surface area contributed by atoms with Crippen LogP contribution in [-0.2, 0) is 6.54 Å². The van der Waals surface area contributed by atoms with Gasteiger partial charge in [0.05, 0.1) is 0 Å². The summed E-state index contributed by atoms with van der Waals surface area (Å²) >= 11 is 0. The fourth-order valence-electron chi connectivity index (χ4n) is 3.12. The van der Waals surface area contributed by atoms with E-state index in [1.54, 1.807) is 0 Å². The molecule has 124 valence electrons. The minimum atomic E-state index is -0.0475. The Kier molecular flexibility index (Phi) is 4.31. The number of fused-ring (bicyclic) bond motifs is 1. The Labute approximate surface area is 136 Å². The predicted molar refractivity (Wildman–Crippen MR) is 89.2 cm³/mol. The van der Waals surface area contributed by atoms with Gasteiger partial charge in [-0.2, -0.15) is 0 Å². The van der Waals surface area contributed by atoms with Crippen molar-refractivity contribution in [2.75, 3.05) is 19.7 Å². The van der Waals surface area contributed by atoms with Gasteiger partial charge in [-0.3, -0.25) is 0 Å². The molecule has 0 atom stereocenters. The van der Waals surface area contributed by atoms with Gasteiger partial charge in [-0.05, 0) is 31.2 Å². The number of nitrogens with zero attached hydrogens (tertiary/aromatic N) is 1. The van der Waals surface area contributed by atoms with Crippen molar-refractivity contribution in [1.29, 1.82) is 0 Å². The molecule has 0 radical (unpaired) electrons. The lowest BCUT2D eigenvalue weighted by Crippen LogP contribution is -2.47. The first kappa shape index (κ1) is 15.9. The third kappa shape index (κ3) is 3.20. The molecule has 1 aliphatic rings. The average Bonchev–Trinajstić information content (AvgIpc) is 2.88. The summed E-state index contributed by atoms with van der Waals surface area (Å²) in [4.78, 5) is 14.2. The number of para-hydroxylation sites is 1. The summed E-state index contributed by atoms with van der Waals surface area (Å²) < 4.78 is 5.73. The molecule has 1 aliphatic heterocycles. The maximum Gasteiger partial charge on any atom is 0.317 e. The second-order valence-electron chi connectivity index (χ2n) is 6.75. The van der Waals surface area contributed by atoms with Crippen LogP contribution in [0.25, 0.3) is 11.0 Å². The van der Waals surface area contributed by atoms with Gasteiger partial charge in [-0.25, -0.2) is 4.79 Å². The highest BCUT2D eigenvalue weighted by Gasteiger charge is 2.31. The number of aliphatic hydroxyl groups excluding tert-OH is 1. The first-order valence-electron chi connectivity index (χ1n) is 8.13. The van der Waals surface area contributed by atoms with Crippen LogP contribution in [0.4, 0.5) is 4.79 Å². The zero-order valence-electron chi connectivity index (χ0n) is 13.8. The van der Waals surface area contributed by atoms with E-state index in [1.165, 1.54) is 0 Å². The number of likely N-dealkylation sites (tertiary alicyclic amines) is 1. The molecule has 1 saturated heterocycles. The van der Waals surface area contributed by atoms with Gasteiger partial charge in [0, 0.05) is 37.2 Å². The topological polar surface area (TPSA) is 65.7 Å². The van der Waals surface area contributed by atoms with E-state index in [4.69, 9.17) is 4.42 Å². The monoisotopic (exact) mass is 316 g/mol. The zero-order valence-corrected chi connectivity index (χ0v) is 13.8. The molecule has 0 saturated carbocycles. The largest absolute Gasteiger partial charge is 0.461 e. The van der Waals surface area contributed by atoms with E-state index in [1.807, 2.05) is 36.1 Å². The van der Waals surface area contributed by atoms with E-state index in [2.05, 4.69) is 12.2 Å². The van der Waals surface area contributed by atoms with Crippen LogP contribution in [0.5, 0.6) is 0 Å². The zero-order chi connectivity index (χ0) is 16.4. The number of benzene rings is 1. The van der Waals surface area contributed by atoms with Crippen molar-refractivity contribution in [1.82, 2.24) is 10.2 Å². The summed E-state index contributed by atoms with van der Waals surface area (Å²) in [5, 5.41) is 13.5. The number of hydrogen-bond acceptors (Lipinski definition) is 3. The number of rotatable bonds is 3. The maximum atomic E-state index is 12.4. The molecule has 1 aromatic heterocycles. The van der Waals surface area contributed by atoms with Crippen molar-refractivity contribution >= 4 is 17.0 Å². The lowest BCUT2D eigenvalue weighted by molar-refractivity contribution is 0.0700. The fraction of sp³-hybridized carbons (Fsp3) is 0.500. The highest BCUT2D eigenvalue weighted by atomic mass is 16.3. The first-order chi connectivity index (χ1) is 11.0. The quantitative estimate of drug-likeness (QED) is 0.914. The van der Waals surface area contributed by atoms with Gasteiger partial charge in [0.25, 0.3) is 0 Å². The molecule has 5 nitrogen and oxygen atoms in total. The molecule has 0 bridgehead atoms. The number of piperidine rings is 1. The normalized spacial score (nSPS) is 17.4. The van der Waals surface area contributed by atoms with Crippen LogP contribution < -0.4 is 5.32 Å². The number of nitrogens with one attached hydrogen (secondary N) is 1. The SMILES string of the molecule is Cc1oc2ccccc2c1CNC(=O)N1CCC(C)(CO)CC1. The summed E-state index contributed by atoms with van der Waals surface area (Å²) in [5.74, 6) is 0.845. The number of amides is 2. The molecule has 1 fully saturated rings. The standard InChI is InChI=1S/C18H24N2O3/c1-13-15(14-5-3-4-6-16(14)23-13)11-19-17(22)20-9-7-18(2,12-21)8-10-20/h3-6,21H,7-12H2,1-2H3,(H,19,22). The minimum Gasteiger partial charge on any atom is -0.461 e. The summed E-state index contributed by atoms with van der Waals surface area (Å²) in [6, 6.07) is 7.83. The van der Waals surface area contributed by atoms with Gasteiger partial charge in [-0.15, -0.1) is 0 Å². The Morgan fingerprint density at radius 2 is 2.04 bits per heavy atom. The summed E-state index contributed by atoms with van der Waals surface area (Å²) in [6.45, 7) is 6.03. The van der Waals surface area contributed by atoms with E-state index in [9.17, 15) is 9.90 Å². The lowest BCUT2D eigenvalue weighted by atomic mass is 9.81. The highest BCUT2D eigenvalue weighted by Crippen LogP contribution is 2.30. The number of furan rings is 1. The molecular formula is C18H24N2O3. The van der Waals surface area contributed by atoms with E-state index in [-0.39, 0.29) is 18.1 Å². The predicted octanol–water partition coefficient (Wildman–Crippen LogP) is 3.05. The van der Waals surface area contributed by atoms with Gasteiger partial charge < -0.3 is 19.7 Å². The number of aliphatic hydroxyl groups is 1. The summed E-state index contributed by atoms with van der Waals surface area (Å²) in [7, 11) is 0. The van der Waals surface area contributed by atoms with E-state index in [0.29, 0.717) is 19.6 Å². The Bertz CT molecular complexity index is 699. The molecule has 2 heterocycles. The van der Waals surface area contributed by atoms with Crippen molar-refractivity contribution in [2.24, 2.45) is 5.41 Å². The number of carbonyl (C=O) groups excluding carboxylic acids is 1. The van der Waals surface area contributed by atoms with Crippen LogP contribution in [0, 0.1) is 12.3 Å². The molecule has 3 rings (SSSR count). The van der Waals surface area contributed by atoms with Gasteiger partial charge in [0.1, 0.15) is 11.3 Å². The minimum absolute atomic E-state index is 0.0466. The fourth-order valence-corrected chi connectivity index (χ4v) is 3.12. The average molecular weight is 316 g/mol. The number of carbonyl (C=O) groups is 1. The molecule has 2 N–H and O–H groups in total. The van der Waals surface area contributed by atoms with Gasteiger partial charge in [0.2, 0.25) is 0 Å². The van der Waals surface area contributed by atoms with Crippen LogP contribution in [0.3, 0.4) is 0 Å². The molecule has 5 heteroatoms. The molecule has 0 spiro atoms. The molecular weight excluding hydrogens is 292 g/mol. The molecule has 23 heavy (non-hydrogen) atoms. The third-order valence-electron chi connectivity index (χ3n) is 4.96. The van der Waals surface area contributed by atoms with Gasteiger partial charge >= 0.3 is 6.03 Å². The van der Waals surface area contributed by atoms with Crippen LogP contribution in [0.2, 0.25) is 0 Å².